The molecule has 1 unspecified atom stereocenters. The summed E-state index contributed by atoms with van der Waals surface area (Å²) in [6.45, 7) is 2.26. The SMILES string of the molecule is CCCc1ccccc1N1CC(=O)NC(C2CC2)C1=O. The Morgan fingerprint density at radius 3 is 2.70 bits per heavy atom. The van der Waals surface area contributed by atoms with Crippen LogP contribution in [0, 0.1) is 5.92 Å². The van der Waals surface area contributed by atoms with Crippen molar-refractivity contribution >= 4 is 17.5 Å². The molecule has 106 valence electrons. The van der Waals surface area contributed by atoms with E-state index in [2.05, 4.69) is 12.2 Å². The number of rotatable bonds is 4. The molecule has 4 nitrogen and oxygen atoms in total. The van der Waals surface area contributed by atoms with Crippen LogP contribution < -0.4 is 10.2 Å². The van der Waals surface area contributed by atoms with Crippen molar-refractivity contribution in [3.63, 3.8) is 0 Å². The first-order valence-corrected chi connectivity index (χ1v) is 7.39. The number of nitrogens with zero attached hydrogens (tertiary/aromatic N) is 1. The minimum absolute atomic E-state index is 0.0483. The standard InChI is InChI=1S/C16H20N2O2/c1-2-5-11-6-3-4-7-13(11)18-10-14(19)17-15(16(18)20)12-8-9-12/h3-4,6-7,12,15H,2,5,8-10H2,1H3,(H,17,19). The highest BCUT2D eigenvalue weighted by molar-refractivity contribution is 6.07. The van der Waals surface area contributed by atoms with Gasteiger partial charge in [-0.25, -0.2) is 0 Å². The number of hydrogen-bond acceptors (Lipinski definition) is 2. The smallest absolute Gasteiger partial charge is 0.250 e. The van der Waals surface area contributed by atoms with Crippen molar-refractivity contribution < 1.29 is 9.59 Å². The Kier molecular flexibility index (Phi) is 3.47. The molecular weight excluding hydrogens is 252 g/mol. The van der Waals surface area contributed by atoms with E-state index >= 15 is 0 Å². The fraction of sp³-hybridized carbons (Fsp3) is 0.500. The number of carbonyl (C=O) groups is 2. The van der Waals surface area contributed by atoms with Gasteiger partial charge in [0.2, 0.25) is 11.8 Å². The monoisotopic (exact) mass is 272 g/mol. The molecule has 2 amide bonds. The lowest BCUT2D eigenvalue weighted by Gasteiger charge is -2.33. The molecule has 0 radical (unpaired) electrons. The number of anilines is 1. The molecule has 1 aromatic rings. The molecule has 20 heavy (non-hydrogen) atoms. The van der Waals surface area contributed by atoms with Crippen LogP contribution in [0.4, 0.5) is 5.69 Å². The quantitative estimate of drug-likeness (QED) is 0.910. The van der Waals surface area contributed by atoms with Crippen LogP contribution >= 0.6 is 0 Å². The number of para-hydroxylation sites is 1. The van der Waals surface area contributed by atoms with Gasteiger partial charge in [0.1, 0.15) is 12.6 Å². The number of amides is 2. The van der Waals surface area contributed by atoms with Crippen molar-refractivity contribution in [1.29, 1.82) is 0 Å². The van der Waals surface area contributed by atoms with Crippen molar-refractivity contribution in [2.24, 2.45) is 5.92 Å². The van der Waals surface area contributed by atoms with Gasteiger partial charge in [-0.1, -0.05) is 31.5 Å². The number of aryl methyl sites for hydroxylation is 1. The average Bonchev–Trinajstić information content (AvgIpc) is 3.27. The van der Waals surface area contributed by atoms with Crippen LogP contribution in [0.3, 0.4) is 0 Å². The van der Waals surface area contributed by atoms with Gasteiger partial charge in [0.15, 0.2) is 0 Å². The Bertz CT molecular complexity index is 537. The summed E-state index contributed by atoms with van der Waals surface area (Å²) in [6.07, 6.45) is 4.04. The van der Waals surface area contributed by atoms with E-state index in [1.807, 2.05) is 24.3 Å². The van der Waals surface area contributed by atoms with E-state index in [1.165, 1.54) is 0 Å². The number of carbonyl (C=O) groups excluding carboxylic acids is 2. The van der Waals surface area contributed by atoms with E-state index in [-0.39, 0.29) is 24.4 Å². The minimum atomic E-state index is -0.314. The van der Waals surface area contributed by atoms with Crippen LogP contribution in [0.5, 0.6) is 0 Å². The van der Waals surface area contributed by atoms with Crippen molar-refractivity contribution in [3.8, 4) is 0 Å². The van der Waals surface area contributed by atoms with Crippen LogP contribution in [-0.4, -0.2) is 24.4 Å². The maximum absolute atomic E-state index is 12.6. The third-order valence-electron chi connectivity index (χ3n) is 4.05. The molecule has 1 heterocycles. The third-order valence-corrected chi connectivity index (χ3v) is 4.05. The van der Waals surface area contributed by atoms with Gasteiger partial charge in [0, 0.05) is 5.69 Å². The summed E-state index contributed by atoms with van der Waals surface area (Å²) >= 11 is 0. The molecule has 1 aliphatic heterocycles. The van der Waals surface area contributed by atoms with Crippen molar-refractivity contribution in [3.05, 3.63) is 29.8 Å². The van der Waals surface area contributed by atoms with Gasteiger partial charge in [0.05, 0.1) is 0 Å². The lowest BCUT2D eigenvalue weighted by molar-refractivity contribution is -0.131. The Labute approximate surface area is 119 Å². The molecule has 2 fully saturated rings. The normalized spacial score (nSPS) is 22.9. The topological polar surface area (TPSA) is 49.4 Å². The maximum atomic E-state index is 12.6. The summed E-state index contributed by atoms with van der Waals surface area (Å²) < 4.78 is 0. The van der Waals surface area contributed by atoms with Gasteiger partial charge in [0.25, 0.3) is 0 Å². The molecule has 0 aromatic heterocycles. The summed E-state index contributed by atoms with van der Waals surface area (Å²) in [5.41, 5.74) is 2.05. The van der Waals surface area contributed by atoms with E-state index in [4.69, 9.17) is 0 Å². The van der Waals surface area contributed by atoms with E-state index in [0.29, 0.717) is 5.92 Å². The van der Waals surface area contributed by atoms with E-state index in [1.54, 1.807) is 4.90 Å². The summed E-state index contributed by atoms with van der Waals surface area (Å²) in [6, 6.07) is 7.60. The predicted molar refractivity (Wildman–Crippen MR) is 77.4 cm³/mol. The second kappa shape index (κ2) is 5.27. The lowest BCUT2D eigenvalue weighted by atomic mass is 10.0. The zero-order chi connectivity index (χ0) is 14.1. The summed E-state index contributed by atoms with van der Waals surface area (Å²) in [4.78, 5) is 26.2. The van der Waals surface area contributed by atoms with E-state index < -0.39 is 0 Å². The van der Waals surface area contributed by atoms with Gasteiger partial charge in [-0.05, 0) is 36.8 Å². The number of benzene rings is 1. The predicted octanol–water partition coefficient (Wildman–Crippen LogP) is 1.88. The molecule has 1 aliphatic carbocycles. The van der Waals surface area contributed by atoms with Gasteiger partial charge in [-0.2, -0.15) is 0 Å². The molecule has 4 heteroatoms. The second-order valence-corrected chi connectivity index (χ2v) is 5.69. The van der Waals surface area contributed by atoms with Crippen LogP contribution in [0.1, 0.15) is 31.7 Å². The number of piperazine rings is 1. The Hall–Kier alpha value is -1.84. The molecule has 1 saturated heterocycles. The van der Waals surface area contributed by atoms with Crippen molar-refractivity contribution in [2.45, 2.75) is 38.6 Å². The molecule has 0 spiro atoms. The molecule has 1 saturated carbocycles. The molecule has 1 N–H and O–H groups in total. The van der Waals surface area contributed by atoms with Crippen molar-refractivity contribution in [1.82, 2.24) is 5.32 Å². The maximum Gasteiger partial charge on any atom is 0.250 e. The Balaban J connectivity index is 1.91. The van der Waals surface area contributed by atoms with Crippen LogP contribution in [0.15, 0.2) is 24.3 Å². The fourth-order valence-corrected chi connectivity index (χ4v) is 2.88. The highest BCUT2D eigenvalue weighted by Crippen LogP contribution is 2.35. The summed E-state index contributed by atoms with van der Waals surface area (Å²) in [5.74, 6) is 0.344. The van der Waals surface area contributed by atoms with Crippen LogP contribution in [-0.2, 0) is 16.0 Å². The first-order chi connectivity index (χ1) is 9.70. The molecule has 0 bridgehead atoms. The second-order valence-electron chi connectivity index (χ2n) is 5.69. The average molecular weight is 272 g/mol. The van der Waals surface area contributed by atoms with E-state index in [9.17, 15) is 9.59 Å². The van der Waals surface area contributed by atoms with E-state index in [0.717, 1.165) is 36.9 Å². The Morgan fingerprint density at radius 2 is 2.00 bits per heavy atom. The van der Waals surface area contributed by atoms with Crippen LogP contribution in [0.2, 0.25) is 0 Å². The van der Waals surface area contributed by atoms with Gasteiger partial charge in [-0.3, -0.25) is 9.59 Å². The Morgan fingerprint density at radius 1 is 1.25 bits per heavy atom. The van der Waals surface area contributed by atoms with Gasteiger partial charge >= 0.3 is 0 Å². The zero-order valence-electron chi connectivity index (χ0n) is 11.8. The minimum Gasteiger partial charge on any atom is -0.342 e. The highest BCUT2D eigenvalue weighted by atomic mass is 16.2. The number of hydrogen-bond donors (Lipinski definition) is 1. The largest absolute Gasteiger partial charge is 0.342 e. The molecule has 3 rings (SSSR count). The summed E-state index contributed by atoms with van der Waals surface area (Å²) in [5, 5.41) is 2.85. The van der Waals surface area contributed by atoms with Crippen LogP contribution in [0.25, 0.3) is 0 Å². The molecular formula is C16H20N2O2. The van der Waals surface area contributed by atoms with Gasteiger partial charge in [-0.15, -0.1) is 0 Å². The van der Waals surface area contributed by atoms with Crippen molar-refractivity contribution in [2.75, 3.05) is 11.4 Å². The number of nitrogens with one attached hydrogen (secondary N) is 1. The zero-order valence-corrected chi connectivity index (χ0v) is 11.8. The third kappa shape index (κ3) is 2.42. The summed E-state index contributed by atoms with van der Waals surface area (Å²) in [7, 11) is 0. The first-order valence-electron chi connectivity index (χ1n) is 7.39. The molecule has 2 aliphatic rings. The first kappa shape index (κ1) is 13.2. The lowest BCUT2D eigenvalue weighted by Crippen LogP contribution is -2.59. The molecule has 1 atom stereocenters. The van der Waals surface area contributed by atoms with Gasteiger partial charge < -0.3 is 10.2 Å². The highest BCUT2D eigenvalue weighted by Gasteiger charge is 2.43. The molecule has 1 aromatic carbocycles. The fourth-order valence-electron chi connectivity index (χ4n) is 2.88.